The van der Waals surface area contributed by atoms with E-state index in [0.29, 0.717) is 5.92 Å². The first kappa shape index (κ1) is 23.7. The lowest BCUT2D eigenvalue weighted by Crippen LogP contribution is -2.53. The third kappa shape index (κ3) is 5.63. The number of guanidine groups is 1. The number of hydrogen-bond donors (Lipinski definition) is 1. The Kier molecular flexibility index (Phi) is 8.83. The van der Waals surface area contributed by atoms with E-state index in [1.165, 1.54) is 5.56 Å². The van der Waals surface area contributed by atoms with Crippen LogP contribution < -0.4 is 15.0 Å². The van der Waals surface area contributed by atoms with Gasteiger partial charge >= 0.3 is 0 Å². The van der Waals surface area contributed by atoms with E-state index >= 15 is 0 Å². The molecule has 2 atom stereocenters. The zero-order chi connectivity index (χ0) is 20.8. The minimum Gasteiger partial charge on any atom is -0.495 e. The molecule has 0 aromatic heterocycles. The summed E-state index contributed by atoms with van der Waals surface area (Å²) in [5.74, 6) is 2.37. The number of nitrogens with one attached hydrogen (secondary N) is 1. The van der Waals surface area contributed by atoms with Crippen molar-refractivity contribution in [2.75, 3.05) is 58.4 Å². The van der Waals surface area contributed by atoms with Crippen molar-refractivity contribution in [3.63, 3.8) is 0 Å². The van der Waals surface area contributed by atoms with Gasteiger partial charge < -0.3 is 24.6 Å². The normalized spacial score (nSPS) is 21.5. The molecule has 2 aliphatic heterocycles. The molecule has 0 spiro atoms. The number of rotatable bonds is 5. The molecular formula is C24H33IN4O2. The highest BCUT2D eigenvalue weighted by Gasteiger charge is 2.30. The van der Waals surface area contributed by atoms with Crippen molar-refractivity contribution >= 4 is 35.6 Å². The fourth-order valence-corrected chi connectivity index (χ4v) is 4.46. The maximum absolute atomic E-state index is 6.04. The molecular weight excluding hydrogens is 503 g/mol. The van der Waals surface area contributed by atoms with Crippen LogP contribution in [0.3, 0.4) is 0 Å². The van der Waals surface area contributed by atoms with Crippen molar-refractivity contribution in [2.24, 2.45) is 10.9 Å². The van der Waals surface area contributed by atoms with Gasteiger partial charge in [-0.15, -0.1) is 24.0 Å². The van der Waals surface area contributed by atoms with Crippen LogP contribution in [0.1, 0.15) is 18.1 Å². The molecule has 0 bridgehead atoms. The van der Waals surface area contributed by atoms with Crippen LogP contribution >= 0.6 is 24.0 Å². The van der Waals surface area contributed by atoms with Crippen LogP contribution in [0, 0.1) is 5.92 Å². The maximum Gasteiger partial charge on any atom is 0.193 e. The summed E-state index contributed by atoms with van der Waals surface area (Å²) in [6, 6.07) is 18.8. The Morgan fingerprint density at radius 2 is 1.77 bits per heavy atom. The third-order valence-corrected chi connectivity index (χ3v) is 6.08. The second-order valence-corrected chi connectivity index (χ2v) is 7.82. The van der Waals surface area contributed by atoms with Gasteiger partial charge in [-0.1, -0.05) is 42.5 Å². The van der Waals surface area contributed by atoms with E-state index in [-0.39, 0.29) is 30.1 Å². The predicted octanol–water partition coefficient (Wildman–Crippen LogP) is 3.79. The van der Waals surface area contributed by atoms with E-state index in [4.69, 9.17) is 9.47 Å². The molecule has 2 saturated heterocycles. The van der Waals surface area contributed by atoms with Gasteiger partial charge in [0.25, 0.3) is 0 Å². The average Bonchev–Trinajstić information content (AvgIpc) is 3.29. The molecule has 6 nitrogen and oxygen atoms in total. The number of para-hydroxylation sites is 2. The van der Waals surface area contributed by atoms with Crippen molar-refractivity contribution in [1.29, 1.82) is 0 Å². The molecule has 2 aromatic rings. The third-order valence-electron chi connectivity index (χ3n) is 6.08. The zero-order valence-corrected chi connectivity index (χ0v) is 20.7. The van der Waals surface area contributed by atoms with Gasteiger partial charge in [0, 0.05) is 52.3 Å². The number of benzene rings is 2. The summed E-state index contributed by atoms with van der Waals surface area (Å²) in [5.41, 5.74) is 2.43. The first-order valence-corrected chi connectivity index (χ1v) is 10.8. The second-order valence-electron chi connectivity index (χ2n) is 7.82. The van der Waals surface area contributed by atoms with E-state index in [2.05, 4.69) is 62.6 Å². The quantitative estimate of drug-likeness (QED) is 0.358. The lowest BCUT2D eigenvalue weighted by Gasteiger charge is -2.38. The molecule has 2 heterocycles. The number of methoxy groups -OCH3 is 1. The minimum absolute atomic E-state index is 0. The van der Waals surface area contributed by atoms with Crippen LogP contribution in [0.4, 0.5) is 5.69 Å². The first-order valence-electron chi connectivity index (χ1n) is 10.8. The van der Waals surface area contributed by atoms with E-state index < -0.39 is 0 Å². The largest absolute Gasteiger partial charge is 0.495 e. The molecule has 31 heavy (non-hydrogen) atoms. The Bertz CT molecular complexity index is 840. The number of aliphatic imine (C=N–C) groups is 1. The Morgan fingerprint density at radius 3 is 2.48 bits per heavy atom. The number of halogens is 1. The summed E-state index contributed by atoms with van der Waals surface area (Å²) in [6.07, 6.45) is 1.24. The Balaban J connectivity index is 0.00000272. The molecule has 0 aliphatic carbocycles. The molecule has 0 amide bonds. The van der Waals surface area contributed by atoms with E-state index in [0.717, 1.165) is 63.1 Å². The van der Waals surface area contributed by atoms with Gasteiger partial charge in [0.1, 0.15) is 5.75 Å². The molecule has 0 radical (unpaired) electrons. The molecule has 1 N–H and O–H groups in total. The van der Waals surface area contributed by atoms with Crippen LogP contribution in [0.15, 0.2) is 59.6 Å². The fourth-order valence-electron chi connectivity index (χ4n) is 4.46. The number of anilines is 1. The molecule has 2 aromatic carbocycles. The Morgan fingerprint density at radius 1 is 1.06 bits per heavy atom. The van der Waals surface area contributed by atoms with Crippen LogP contribution in [0.5, 0.6) is 5.75 Å². The Labute approximate surface area is 202 Å². The molecule has 2 fully saturated rings. The molecule has 0 saturated carbocycles. The molecule has 168 valence electrons. The van der Waals surface area contributed by atoms with E-state index in [9.17, 15) is 0 Å². The summed E-state index contributed by atoms with van der Waals surface area (Å²) in [5, 5.41) is 3.61. The molecule has 7 heteroatoms. The average molecular weight is 536 g/mol. The maximum atomic E-state index is 6.04. The standard InChI is InChI=1S/C24H32N4O2.HI/c1-25-24(26-18-20-12-17-30-23(20)19-8-4-3-5-9-19)28-15-13-27(14-16-28)21-10-6-7-11-22(21)29-2;/h3-11,20,23H,12-18H2,1-2H3,(H,25,26);1H. The summed E-state index contributed by atoms with van der Waals surface area (Å²) >= 11 is 0. The van der Waals surface area contributed by atoms with Gasteiger partial charge in [-0.2, -0.15) is 0 Å². The van der Waals surface area contributed by atoms with Crippen LogP contribution in [-0.2, 0) is 4.74 Å². The smallest absolute Gasteiger partial charge is 0.193 e. The second kappa shape index (κ2) is 11.6. The number of piperazine rings is 1. The first-order chi connectivity index (χ1) is 14.8. The minimum atomic E-state index is 0. The van der Waals surface area contributed by atoms with Crippen LogP contribution in [0.25, 0.3) is 0 Å². The van der Waals surface area contributed by atoms with Crippen LogP contribution in [-0.4, -0.2) is 64.3 Å². The number of ether oxygens (including phenoxy) is 2. The summed E-state index contributed by atoms with van der Waals surface area (Å²) in [7, 11) is 3.60. The number of nitrogens with zero attached hydrogens (tertiary/aromatic N) is 3. The van der Waals surface area contributed by atoms with E-state index in [1.54, 1.807) is 7.11 Å². The molecule has 2 aliphatic rings. The topological polar surface area (TPSA) is 49.3 Å². The van der Waals surface area contributed by atoms with Crippen LogP contribution in [0.2, 0.25) is 0 Å². The zero-order valence-electron chi connectivity index (χ0n) is 18.4. The highest BCUT2D eigenvalue weighted by atomic mass is 127. The van der Waals surface area contributed by atoms with Crippen molar-refractivity contribution in [2.45, 2.75) is 12.5 Å². The van der Waals surface area contributed by atoms with Crippen molar-refractivity contribution in [1.82, 2.24) is 10.2 Å². The highest BCUT2D eigenvalue weighted by molar-refractivity contribution is 14.0. The van der Waals surface area contributed by atoms with E-state index in [1.807, 2.05) is 19.2 Å². The van der Waals surface area contributed by atoms with Gasteiger partial charge in [0.15, 0.2) is 5.96 Å². The summed E-state index contributed by atoms with van der Waals surface area (Å²) in [6.45, 7) is 5.45. The molecule has 4 rings (SSSR count). The summed E-state index contributed by atoms with van der Waals surface area (Å²) in [4.78, 5) is 9.28. The lowest BCUT2D eigenvalue weighted by atomic mass is 9.95. The van der Waals surface area contributed by atoms with Crippen molar-refractivity contribution < 1.29 is 9.47 Å². The summed E-state index contributed by atoms with van der Waals surface area (Å²) < 4.78 is 11.6. The van der Waals surface area contributed by atoms with Crippen molar-refractivity contribution in [3.8, 4) is 5.75 Å². The van der Waals surface area contributed by atoms with Gasteiger partial charge in [-0.25, -0.2) is 0 Å². The molecule has 2 unspecified atom stereocenters. The Hall–Kier alpha value is -2.00. The number of hydrogen-bond acceptors (Lipinski definition) is 4. The monoisotopic (exact) mass is 536 g/mol. The fraction of sp³-hybridized carbons (Fsp3) is 0.458. The highest BCUT2D eigenvalue weighted by Crippen LogP contribution is 2.34. The van der Waals surface area contributed by atoms with Gasteiger partial charge in [-0.05, 0) is 24.1 Å². The lowest BCUT2D eigenvalue weighted by molar-refractivity contribution is 0.0913. The van der Waals surface area contributed by atoms with Gasteiger partial charge in [0.2, 0.25) is 0 Å². The van der Waals surface area contributed by atoms with Crippen molar-refractivity contribution in [3.05, 3.63) is 60.2 Å². The predicted molar refractivity (Wildman–Crippen MR) is 137 cm³/mol. The SMILES string of the molecule is CN=C(NCC1CCOC1c1ccccc1)N1CCN(c2ccccc2OC)CC1.I. The van der Waals surface area contributed by atoms with Gasteiger partial charge in [-0.3, -0.25) is 4.99 Å². The van der Waals surface area contributed by atoms with Gasteiger partial charge in [0.05, 0.1) is 18.9 Å².